The van der Waals surface area contributed by atoms with E-state index in [1.54, 1.807) is 5.57 Å². The van der Waals surface area contributed by atoms with Crippen molar-refractivity contribution in [1.82, 2.24) is 9.13 Å². The molecule has 5 aliphatic carbocycles. The summed E-state index contributed by atoms with van der Waals surface area (Å²) in [7, 11) is 0. The lowest BCUT2D eigenvalue weighted by Gasteiger charge is -2.22. The highest BCUT2D eigenvalue weighted by Crippen LogP contribution is 2.64. The fourth-order valence-electron chi connectivity index (χ4n) is 9.16. The third-order valence-electron chi connectivity index (χ3n) is 11.5. The molecule has 0 radical (unpaired) electrons. The maximum atomic E-state index is 2.59. The van der Waals surface area contributed by atoms with Crippen molar-refractivity contribution in [3.8, 4) is 11.4 Å². The van der Waals surface area contributed by atoms with Gasteiger partial charge in [-0.1, -0.05) is 103 Å². The molecule has 2 aromatic heterocycles. The molecule has 5 aromatic carbocycles. The maximum Gasteiger partial charge on any atom is 0.0541 e. The summed E-state index contributed by atoms with van der Waals surface area (Å²) in [4.78, 5) is 0. The summed E-state index contributed by atoms with van der Waals surface area (Å²) < 4.78 is 4.95. The Morgan fingerprint density at radius 2 is 1.09 bits per heavy atom. The highest BCUT2D eigenvalue weighted by Gasteiger charge is 2.53. The van der Waals surface area contributed by atoms with Gasteiger partial charge in [0.15, 0.2) is 0 Å². The van der Waals surface area contributed by atoms with Crippen LogP contribution in [0.3, 0.4) is 0 Å². The molecular formula is C45H30N2. The van der Waals surface area contributed by atoms with Crippen LogP contribution in [0.25, 0.3) is 60.6 Å². The van der Waals surface area contributed by atoms with Crippen LogP contribution >= 0.6 is 0 Å². The predicted molar refractivity (Wildman–Crippen MR) is 194 cm³/mol. The van der Waals surface area contributed by atoms with Crippen LogP contribution in [0, 0.1) is 23.7 Å². The highest BCUT2D eigenvalue weighted by atomic mass is 15.0. The lowest BCUT2D eigenvalue weighted by Crippen LogP contribution is -2.07. The lowest BCUT2D eigenvalue weighted by atomic mass is 9.85. The summed E-state index contributed by atoms with van der Waals surface area (Å²) in [5.41, 5.74) is 16.2. The second-order valence-electron chi connectivity index (χ2n) is 14.0. The number of fused-ring (bicyclic) bond motifs is 10. The van der Waals surface area contributed by atoms with E-state index in [1.165, 1.54) is 89.3 Å². The number of benzene rings is 5. The Kier molecular flexibility index (Phi) is 4.50. The first-order chi connectivity index (χ1) is 23.3. The topological polar surface area (TPSA) is 9.86 Å². The van der Waals surface area contributed by atoms with Crippen molar-refractivity contribution < 1.29 is 0 Å². The minimum atomic E-state index is 0.353. The van der Waals surface area contributed by atoms with Gasteiger partial charge in [0.1, 0.15) is 0 Å². The first kappa shape index (κ1) is 24.6. The van der Waals surface area contributed by atoms with E-state index in [-0.39, 0.29) is 0 Å². The first-order valence-corrected chi connectivity index (χ1v) is 17.0. The molecule has 0 spiro atoms. The van der Waals surface area contributed by atoms with Crippen LogP contribution in [0.1, 0.15) is 12.0 Å². The Labute approximate surface area is 272 Å². The van der Waals surface area contributed by atoms with E-state index in [9.17, 15) is 0 Å². The molecule has 4 atom stereocenters. The Morgan fingerprint density at radius 1 is 0.489 bits per heavy atom. The number of hydrogen-bond donors (Lipinski definition) is 0. The summed E-state index contributed by atoms with van der Waals surface area (Å²) in [5.74, 6) is 2.82. The average molecular weight is 599 g/mol. The molecule has 220 valence electrons. The number of rotatable bonds is 4. The number of allylic oxidation sites excluding steroid dienone is 10. The van der Waals surface area contributed by atoms with Crippen molar-refractivity contribution >= 4 is 49.2 Å². The monoisotopic (exact) mass is 598 g/mol. The Bertz CT molecular complexity index is 2630. The predicted octanol–water partition coefficient (Wildman–Crippen LogP) is 10.9. The SMILES string of the molecule is C1=C(C2=CC3CC3C3C=C23)C2=CC2C(c2cc(-n3c4ccccc4c4ccccc43)ccc2-n2c3ccccc3c3ccccc32)=C1. The molecule has 4 unspecified atom stereocenters. The van der Waals surface area contributed by atoms with Gasteiger partial charge in [0, 0.05) is 44.6 Å². The van der Waals surface area contributed by atoms with Gasteiger partial charge in [-0.2, -0.15) is 0 Å². The first-order valence-electron chi connectivity index (χ1n) is 17.0. The van der Waals surface area contributed by atoms with Gasteiger partial charge < -0.3 is 9.13 Å². The molecule has 7 aromatic rings. The van der Waals surface area contributed by atoms with Gasteiger partial charge >= 0.3 is 0 Å². The van der Waals surface area contributed by atoms with Gasteiger partial charge in [0.2, 0.25) is 0 Å². The van der Waals surface area contributed by atoms with Crippen molar-refractivity contribution in [2.75, 3.05) is 0 Å². The molecule has 0 N–H and O–H groups in total. The van der Waals surface area contributed by atoms with Gasteiger partial charge in [-0.05, 0) is 88.6 Å². The van der Waals surface area contributed by atoms with E-state index in [4.69, 9.17) is 0 Å². The van der Waals surface area contributed by atoms with Crippen LogP contribution in [0.2, 0.25) is 0 Å². The average Bonchev–Trinajstić information content (AvgIpc) is 4.03. The van der Waals surface area contributed by atoms with Crippen LogP contribution in [-0.4, -0.2) is 9.13 Å². The molecule has 12 rings (SSSR count). The van der Waals surface area contributed by atoms with Crippen molar-refractivity contribution in [3.63, 3.8) is 0 Å². The Balaban J connectivity index is 1.12. The number of aromatic nitrogens is 2. The molecule has 2 nitrogen and oxygen atoms in total. The maximum absolute atomic E-state index is 2.59. The number of hydrogen-bond acceptors (Lipinski definition) is 0. The van der Waals surface area contributed by atoms with Crippen LogP contribution in [-0.2, 0) is 0 Å². The molecular weight excluding hydrogens is 569 g/mol. The summed E-state index contributed by atoms with van der Waals surface area (Å²) in [6.45, 7) is 0. The second-order valence-corrected chi connectivity index (χ2v) is 14.0. The highest BCUT2D eigenvalue weighted by molar-refractivity contribution is 6.11. The van der Waals surface area contributed by atoms with Crippen LogP contribution in [0.15, 0.2) is 168 Å². The molecule has 1 saturated carbocycles. The van der Waals surface area contributed by atoms with Crippen molar-refractivity contribution in [1.29, 1.82) is 0 Å². The van der Waals surface area contributed by atoms with Gasteiger partial charge in [-0.25, -0.2) is 0 Å². The van der Waals surface area contributed by atoms with E-state index in [0.29, 0.717) is 5.92 Å². The third-order valence-corrected chi connectivity index (χ3v) is 11.5. The van der Waals surface area contributed by atoms with E-state index in [0.717, 1.165) is 17.8 Å². The molecule has 0 aliphatic heterocycles. The summed E-state index contributed by atoms with van der Waals surface area (Å²) in [6, 6.07) is 42.5. The molecule has 0 amide bonds. The minimum Gasteiger partial charge on any atom is -0.309 e. The van der Waals surface area contributed by atoms with Crippen LogP contribution in [0.5, 0.6) is 0 Å². The second kappa shape index (κ2) is 8.60. The summed E-state index contributed by atoms with van der Waals surface area (Å²) in [5, 5.41) is 5.16. The van der Waals surface area contributed by atoms with Crippen LogP contribution < -0.4 is 0 Å². The van der Waals surface area contributed by atoms with Crippen LogP contribution in [0.4, 0.5) is 0 Å². The quantitative estimate of drug-likeness (QED) is 0.191. The molecule has 47 heavy (non-hydrogen) atoms. The van der Waals surface area contributed by atoms with Gasteiger partial charge in [0.05, 0.1) is 27.8 Å². The Morgan fingerprint density at radius 3 is 1.72 bits per heavy atom. The fraction of sp³-hybridized carbons (Fsp3) is 0.111. The summed E-state index contributed by atoms with van der Waals surface area (Å²) in [6.07, 6.45) is 13.9. The zero-order valence-corrected chi connectivity index (χ0v) is 25.8. The summed E-state index contributed by atoms with van der Waals surface area (Å²) >= 11 is 0. The standard InChI is InChI=1S/C45H30N2/c1-5-13-41-30(9-1)31-10-2-6-14-42(31)46(41)27-17-20-45(47-43-15-7-3-11-32(43)33-12-4-8-16-44(33)47)40(23-27)29-19-18-28(36-24-37(29)36)35-22-26-21-34(26)38-25-39(35)38/h1-20,22-26,34,37-38H,21H2. The van der Waals surface area contributed by atoms with Crippen molar-refractivity contribution in [2.45, 2.75) is 6.42 Å². The lowest BCUT2D eigenvalue weighted by molar-refractivity contribution is 0.697. The number of para-hydroxylation sites is 4. The fourth-order valence-corrected chi connectivity index (χ4v) is 9.16. The van der Waals surface area contributed by atoms with Crippen molar-refractivity contribution in [2.24, 2.45) is 23.7 Å². The normalized spacial score (nSPS) is 23.4. The van der Waals surface area contributed by atoms with Gasteiger partial charge in [0.25, 0.3) is 0 Å². The van der Waals surface area contributed by atoms with E-state index in [1.807, 2.05) is 0 Å². The molecule has 2 heteroatoms. The molecule has 2 heterocycles. The third kappa shape index (κ3) is 3.30. The van der Waals surface area contributed by atoms with Gasteiger partial charge in [-0.15, -0.1) is 0 Å². The zero-order valence-electron chi connectivity index (χ0n) is 25.8. The minimum absolute atomic E-state index is 0.353. The van der Waals surface area contributed by atoms with E-state index in [2.05, 4.69) is 155 Å². The molecule has 1 fully saturated rings. The van der Waals surface area contributed by atoms with Crippen molar-refractivity contribution in [3.05, 3.63) is 173 Å². The molecule has 0 saturated heterocycles. The number of nitrogens with zero attached hydrogens (tertiary/aromatic N) is 2. The Hall–Kier alpha value is -5.60. The van der Waals surface area contributed by atoms with E-state index < -0.39 is 0 Å². The zero-order chi connectivity index (χ0) is 30.4. The van der Waals surface area contributed by atoms with Gasteiger partial charge in [-0.3, -0.25) is 0 Å². The largest absolute Gasteiger partial charge is 0.309 e. The van der Waals surface area contributed by atoms with E-state index >= 15 is 0 Å². The smallest absolute Gasteiger partial charge is 0.0541 e. The molecule has 5 aliphatic rings. The molecule has 0 bridgehead atoms.